The Labute approximate surface area is 162 Å². The fourth-order valence-corrected chi connectivity index (χ4v) is 5.50. The number of ether oxygens (including phenoxy) is 1. The fraction of sp³-hybridized carbons (Fsp3) is 0.706. The van der Waals surface area contributed by atoms with E-state index in [1.165, 1.54) is 0 Å². The largest absolute Gasteiger partial charge is 0.467 e. The predicted octanol–water partition coefficient (Wildman–Crippen LogP) is 2.09. The highest BCUT2D eigenvalue weighted by Gasteiger charge is 2.57. The number of alkyl halides is 3. The molecule has 28 heavy (non-hydrogen) atoms. The van der Waals surface area contributed by atoms with Gasteiger partial charge in [-0.15, -0.1) is 0 Å². The third-order valence-electron chi connectivity index (χ3n) is 6.18. The summed E-state index contributed by atoms with van der Waals surface area (Å²) in [5, 5.41) is 3.97. The smallest absolute Gasteiger partial charge is 0.434 e. The molecule has 3 amide bonds. The van der Waals surface area contributed by atoms with Gasteiger partial charge in [-0.05, 0) is 19.3 Å². The van der Waals surface area contributed by atoms with Crippen LogP contribution in [0.25, 0.3) is 0 Å². The summed E-state index contributed by atoms with van der Waals surface area (Å²) >= 11 is 0.855. The molecule has 3 aliphatic heterocycles. The van der Waals surface area contributed by atoms with Gasteiger partial charge in [0, 0.05) is 43.4 Å². The summed E-state index contributed by atoms with van der Waals surface area (Å²) < 4.78 is 43.3. The van der Waals surface area contributed by atoms with Gasteiger partial charge in [0.1, 0.15) is 6.10 Å². The number of hydrogen-bond donors (Lipinski definition) is 1. The van der Waals surface area contributed by atoms with Crippen LogP contribution < -0.4 is 10.1 Å². The first-order chi connectivity index (χ1) is 13.2. The zero-order chi connectivity index (χ0) is 19.7. The molecular formula is C17H19F3N4O3S. The first-order valence-electron chi connectivity index (χ1n) is 9.20. The van der Waals surface area contributed by atoms with Gasteiger partial charge >= 0.3 is 12.2 Å². The second kappa shape index (κ2) is 5.74. The van der Waals surface area contributed by atoms with Crippen LogP contribution in [0.2, 0.25) is 0 Å². The van der Waals surface area contributed by atoms with Gasteiger partial charge in [-0.1, -0.05) is 11.3 Å². The van der Waals surface area contributed by atoms with Gasteiger partial charge in [0.15, 0.2) is 5.69 Å². The number of amides is 3. The number of likely N-dealkylation sites (tertiary alicyclic amines) is 2. The monoisotopic (exact) mass is 416 g/mol. The van der Waals surface area contributed by atoms with E-state index in [9.17, 15) is 22.8 Å². The van der Waals surface area contributed by atoms with Crippen molar-refractivity contribution in [1.82, 2.24) is 20.1 Å². The SMILES string of the molecule is O=C1CCC2(CN(C(=O)N3CC4(CC(Oc5nc(C(F)(F)F)cs5)C4)C3)C2)N1. The summed E-state index contributed by atoms with van der Waals surface area (Å²) in [5.41, 5.74) is -1.12. The lowest BCUT2D eigenvalue weighted by Gasteiger charge is -2.60. The van der Waals surface area contributed by atoms with E-state index in [1.54, 1.807) is 9.80 Å². The second-order valence-corrected chi connectivity index (χ2v) is 9.29. The van der Waals surface area contributed by atoms with Crippen LogP contribution in [0, 0.1) is 5.41 Å². The van der Waals surface area contributed by atoms with E-state index in [-0.39, 0.29) is 34.2 Å². The van der Waals surface area contributed by atoms with Gasteiger partial charge in [-0.3, -0.25) is 4.79 Å². The number of halogens is 3. The molecule has 4 aliphatic rings. The van der Waals surface area contributed by atoms with Crippen molar-refractivity contribution in [3.63, 3.8) is 0 Å². The lowest BCUT2D eigenvalue weighted by atomic mass is 9.62. The molecule has 1 aliphatic carbocycles. The Kier molecular flexibility index (Phi) is 3.69. The molecule has 0 radical (unpaired) electrons. The maximum absolute atomic E-state index is 12.6. The summed E-state index contributed by atoms with van der Waals surface area (Å²) in [7, 11) is 0. The van der Waals surface area contributed by atoms with Crippen molar-refractivity contribution in [2.45, 2.75) is 43.5 Å². The van der Waals surface area contributed by atoms with Crippen molar-refractivity contribution in [3.05, 3.63) is 11.1 Å². The lowest BCUT2D eigenvalue weighted by molar-refractivity contribution is -0.141. The van der Waals surface area contributed by atoms with E-state index in [1.807, 2.05) is 0 Å². The highest BCUT2D eigenvalue weighted by atomic mass is 32.1. The molecule has 11 heteroatoms. The van der Waals surface area contributed by atoms with Crippen LogP contribution in [0.1, 0.15) is 31.4 Å². The van der Waals surface area contributed by atoms with E-state index >= 15 is 0 Å². The molecule has 152 valence electrons. The molecule has 0 bridgehead atoms. The van der Waals surface area contributed by atoms with Gasteiger partial charge in [0.05, 0.1) is 5.54 Å². The van der Waals surface area contributed by atoms with Crippen LogP contribution in [0.4, 0.5) is 18.0 Å². The second-order valence-electron chi connectivity index (χ2n) is 8.47. The van der Waals surface area contributed by atoms with E-state index in [0.717, 1.165) is 36.0 Å². The molecule has 4 heterocycles. The predicted molar refractivity (Wildman–Crippen MR) is 91.8 cm³/mol. The quantitative estimate of drug-likeness (QED) is 0.801. The molecule has 2 spiro atoms. The molecule has 4 fully saturated rings. The number of rotatable bonds is 2. The number of carbonyl (C=O) groups is 2. The van der Waals surface area contributed by atoms with E-state index in [4.69, 9.17) is 4.74 Å². The van der Waals surface area contributed by atoms with Crippen molar-refractivity contribution < 1.29 is 27.5 Å². The number of thiazole rings is 1. The van der Waals surface area contributed by atoms with Gasteiger partial charge in [-0.2, -0.15) is 18.2 Å². The van der Waals surface area contributed by atoms with Crippen LogP contribution in [0.3, 0.4) is 0 Å². The van der Waals surface area contributed by atoms with E-state index < -0.39 is 11.9 Å². The average molecular weight is 416 g/mol. The summed E-state index contributed by atoms with van der Waals surface area (Å²) in [5.74, 6) is 0.0538. The zero-order valence-corrected chi connectivity index (χ0v) is 15.7. The summed E-state index contributed by atoms with van der Waals surface area (Å²) in [6.07, 6.45) is -1.85. The van der Waals surface area contributed by atoms with Gasteiger partial charge < -0.3 is 19.9 Å². The van der Waals surface area contributed by atoms with Crippen molar-refractivity contribution >= 4 is 23.3 Å². The minimum absolute atomic E-state index is 0.00323. The van der Waals surface area contributed by atoms with Gasteiger partial charge in [-0.25, -0.2) is 4.79 Å². The number of nitrogens with one attached hydrogen (secondary N) is 1. The normalized spacial score (nSPS) is 25.3. The Morgan fingerprint density at radius 3 is 2.50 bits per heavy atom. The Balaban J connectivity index is 1.07. The molecule has 1 aromatic heterocycles. The maximum atomic E-state index is 12.6. The number of urea groups is 1. The van der Waals surface area contributed by atoms with Gasteiger partial charge in [0.2, 0.25) is 5.91 Å². The van der Waals surface area contributed by atoms with E-state index in [0.29, 0.717) is 32.6 Å². The number of nitrogens with zero attached hydrogens (tertiary/aromatic N) is 3. The minimum Gasteiger partial charge on any atom is -0.467 e. The average Bonchev–Trinajstić information content (AvgIpc) is 3.12. The Morgan fingerprint density at radius 1 is 1.25 bits per heavy atom. The van der Waals surface area contributed by atoms with Crippen molar-refractivity contribution in [2.24, 2.45) is 5.41 Å². The molecule has 5 rings (SSSR count). The van der Waals surface area contributed by atoms with Crippen molar-refractivity contribution in [1.29, 1.82) is 0 Å². The summed E-state index contributed by atoms with van der Waals surface area (Å²) in [6.45, 7) is 2.43. The standard InChI is InChI=1S/C17H19F3N4O3S/c18-17(19,20)11-5-28-13(21-11)27-10-3-15(4-10)6-23(7-15)14(26)24-8-16(9-24)2-1-12(25)22-16/h5,10H,1-4,6-9H2,(H,22,25). The molecule has 0 atom stereocenters. The Hall–Kier alpha value is -2.04. The van der Waals surface area contributed by atoms with Crippen LogP contribution in [-0.2, 0) is 11.0 Å². The van der Waals surface area contributed by atoms with Crippen LogP contribution in [-0.4, -0.2) is 64.5 Å². The first-order valence-corrected chi connectivity index (χ1v) is 10.1. The Bertz CT molecular complexity index is 822. The topological polar surface area (TPSA) is 74.8 Å². The molecule has 7 nitrogen and oxygen atoms in total. The van der Waals surface area contributed by atoms with Gasteiger partial charge in [0.25, 0.3) is 5.19 Å². The number of carbonyl (C=O) groups excluding carboxylic acids is 2. The molecule has 0 unspecified atom stereocenters. The zero-order valence-electron chi connectivity index (χ0n) is 14.9. The Morgan fingerprint density at radius 2 is 1.93 bits per heavy atom. The lowest BCUT2D eigenvalue weighted by Crippen LogP contribution is -2.74. The molecule has 0 aromatic carbocycles. The minimum atomic E-state index is -4.45. The summed E-state index contributed by atoms with van der Waals surface area (Å²) in [4.78, 5) is 30.9. The van der Waals surface area contributed by atoms with Crippen LogP contribution in [0.5, 0.6) is 5.19 Å². The van der Waals surface area contributed by atoms with E-state index in [2.05, 4.69) is 10.3 Å². The highest BCUT2D eigenvalue weighted by molar-refractivity contribution is 7.11. The van der Waals surface area contributed by atoms with Crippen LogP contribution in [0.15, 0.2) is 5.38 Å². The highest BCUT2D eigenvalue weighted by Crippen LogP contribution is 2.50. The molecule has 3 saturated heterocycles. The van der Waals surface area contributed by atoms with Crippen molar-refractivity contribution in [2.75, 3.05) is 26.2 Å². The molecule has 1 N–H and O–H groups in total. The third-order valence-corrected chi connectivity index (χ3v) is 6.91. The first kappa shape index (κ1) is 18.0. The van der Waals surface area contributed by atoms with Crippen LogP contribution >= 0.6 is 11.3 Å². The third kappa shape index (κ3) is 2.90. The number of aromatic nitrogens is 1. The summed E-state index contributed by atoms with van der Waals surface area (Å²) in [6, 6.07) is -0.00323. The molecule has 1 saturated carbocycles. The van der Waals surface area contributed by atoms with Crippen molar-refractivity contribution in [3.8, 4) is 5.19 Å². The number of hydrogen-bond acceptors (Lipinski definition) is 5. The fourth-order valence-electron chi connectivity index (χ4n) is 4.76. The maximum Gasteiger partial charge on any atom is 0.434 e. The molecular weight excluding hydrogens is 397 g/mol. The molecule has 1 aromatic rings.